The second-order valence-electron chi connectivity index (χ2n) is 18.8. The third kappa shape index (κ3) is 18.5. The molecule has 2 saturated heterocycles. The summed E-state index contributed by atoms with van der Waals surface area (Å²) in [6.07, 6.45) is 31.5. The Morgan fingerprint density at radius 3 is 2.45 bits per heavy atom. The van der Waals surface area contributed by atoms with Crippen LogP contribution in [0, 0.1) is 23.7 Å². The highest BCUT2D eigenvalue weighted by atomic mass is 32.1. The Morgan fingerprint density at radius 1 is 1.03 bits per heavy atom. The number of aliphatic hydroxyl groups is 2. The van der Waals surface area contributed by atoms with Crippen LogP contribution in [0.25, 0.3) is 0 Å². The first-order valence-corrected chi connectivity index (χ1v) is 24.9. The highest BCUT2D eigenvalue weighted by molar-refractivity contribution is 7.81. The van der Waals surface area contributed by atoms with Gasteiger partial charge < -0.3 is 34.1 Å². The van der Waals surface area contributed by atoms with Gasteiger partial charge in [0.2, 0.25) is 0 Å². The second-order valence-corrected chi connectivity index (χ2v) is 19.8. The molecule has 3 rings (SSSR count). The van der Waals surface area contributed by atoms with Gasteiger partial charge in [-0.2, -0.15) is 25.3 Å². The maximum absolute atomic E-state index is 14.2. The number of Topliss-reactive ketones (excluding diaryl/α,β-unsaturated/α-hetero) is 1. The molecule has 3 fully saturated rings. The van der Waals surface area contributed by atoms with E-state index < -0.39 is 23.4 Å². The lowest BCUT2D eigenvalue weighted by molar-refractivity contribution is -0.300. The third-order valence-electron chi connectivity index (χ3n) is 14.1. The normalized spacial score (nSPS) is 28.9. The lowest BCUT2D eigenvalue weighted by Gasteiger charge is -2.47. The van der Waals surface area contributed by atoms with E-state index in [0.29, 0.717) is 48.5 Å². The summed E-state index contributed by atoms with van der Waals surface area (Å²) in [5.41, 5.74) is 0.769. The summed E-state index contributed by atoms with van der Waals surface area (Å²) in [5.74, 6) is -0.744. The molecule has 11 heteroatoms. The molecule has 3 aliphatic rings. The van der Waals surface area contributed by atoms with E-state index in [4.69, 9.17) is 26.8 Å². The molecule has 9 nitrogen and oxygen atoms in total. The third-order valence-corrected chi connectivity index (χ3v) is 15.0. The topological polar surface area (TPSA) is 123 Å². The van der Waals surface area contributed by atoms with Crippen LogP contribution in [0.4, 0.5) is 0 Å². The van der Waals surface area contributed by atoms with E-state index in [0.717, 1.165) is 122 Å². The number of carbonyl (C=O) groups is 3. The molecule has 62 heavy (non-hydrogen) atoms. The van der Waals surface area contributed by atoms with Crippen LogP contribution in [0.5, 0.6) is 0 Å². The van der Waals surface area contributed by atoms with Gasteiger partial charge in [0.15, 0.2) is 12.1 Å². The van der Waals surface area contributed by atoms with Crippen LogP contribution in [0.15, 0.2) is 60.4 Å². The van der Waals surface area contributed by atoms with Gasteiger partial charge in [0.25, 0.3) is 0 Å². The summed E-state index contributed by atoms with van der Waals surface area (Å²) >= 11 is 9.35. The number of nitrogens with zero attached hydrogens (tertiary/aromatic N) is 1. The van der Waals surface area contributed by atoms with Crippen molar-refractivity contribution in [3.05, 3.63) is 60.4 Å². The van der Waals surface area contributed by atoms with Crippen LogP contribution >= 0.6 is 25.3 Å². The van der Waals surface area contributed by atoms with Gasteiger partial charge in [-0.1, -0.05) is 69.4 Å². The molecule has 1 aliphatic carbocycles. The minimum Gasteiger partial charge on any atom is -0.388 e. The molecule has 2 heterocycles. The lowest BCUT2D eigenvalue weighted by atomic mass is 9.81. The zero-order valence-electron chi connectivity index (χ0n) is 38.8. The zero-order chi connectivity index (χ0) is 45.5. The Balaban J connectivity index is 1.59. The van der Waals surface area contributed by atoms with E-state index in [-0.39, 0.29) is 41.4 Å². The molecular formula is C51H83NO8S2. The number of likely N-dealkylation sites (tertiary alicyclic amines) is 1. The predicted molar refractivity (Wildman–Crippen MR) is 259 cm³/mol. The predicted octanol–water partition coefficient (Wildman–Crippen LogP) is 10.2. The number of thiol groups is 2. The van der Waals surface area contributed by atoms with Crippen molar-refractivity contribution >= 4 is 43.6 Å². The summed E-state index contributed by atoms with van der Waals surface area (Å²) in [7, 11) is 1.80. The van der Waals surface area contributed by atoms with E-state index in [1.165, 1.54) is 0 Å². The van der Waals surface area contributed by atoms with Crippen molar-refractivity contribution < 1.29 is 38.8 Å². The molecular weight excluding hydrogens is 819 g/mol. The molecule has 2 aliphatic heterocycles. The number of hydrogen-bond donors (Lipinski definition) is 4. The minimum atomic E-state index is -1.13. The summed E-state index contributed by atoms with van der Waals surface area (Å²) in [6, 6.07) is 0.248. The van der Waals surface area contributed by atoms with Crippen molar-refractivity contribution in [2.24, 2.45) is 23.7 Å². The van der Waals surface area contributed by atoms with E-state index >= 15 is 0 Å². The van der Waals surface area contributed by atoms with Crippen molar-refractivity contribution in [2.75, 3.05) is 26.0 Å². The van der Waals surface area contributed by atoms with Gasteiger partial charge >= 0.3 is 0 Å². The van der Waals surface area contributed by atoms with Crippen LogP contribution in [0.2, 0.25) is 0 Å². The number of aliphatic hydroxyl groups excluding tert-OH is 1. The molecule has 4 unspecified atom stereocenters. The molecule has 0 spiro atoms. The van der Waals surface area contributed by atoms with Crippen LogP contribution in [-0.2, 0) is 28.6 Å². The van der Waals surface area contributed by atoms with Crippen LogP contribution in [0.1, 0.15) is 150 Å². The fourth-order valence-electron chi connectivity index (χ4n) is 9.67. The standard InChI is InChI=1S/C51H83NO8S2/c1-38(17-16-33-53)48(55)47(49(56)39(2)35-46(62)20-11-9-7-8-10-13-30-51(37-61)31-28-40(3)50(5,57)60-51)21-15-19-45(27-24-42-22-25-44(58-6)26-23-42)59-34-29-43-18-12-14-32-52(43)41(4)36-54/h7-11,17,20,33,36,39-40,42-48,55,57,61-62H,4,12-16,18-19,21-32,34-35,37H2,1-3,5-6H3/b9-7+,10-8+,20-11+,38-17+/t39?,40-,42?,43+,44?,45?,46?,47-,48?,50+,51-/m1/s1. The number of allylic oxidation sites excluding steroid dienone is 7. The second kappa shape index (κ2) is 28.8. The Morgan fingerprint density at radius 2 is 1.77 bits per heavy atom. The first kappa shape index (κ1) is 54.3. The number of ether oxygens (including phenoxy) is 3. The molecule has 2 N–H and O–H groups in total. The maximum Gasteiger partial charge on any atom is 0.165 e. The van der Waals surface area contributed by atoms with Gasteiger partial charge in [-0.25, -0.2) is 0 Å². The number of carbonyl (C=O) groups excluding carboxylic acids is 3. The van der Waals surface area contributed by atoms with E-state index in [1.54, 1.807) is 27.0 Å². The quantitative estimate of drug-likeness (QED) is 0.0191. The number of rotatable bonds is 29. The molecule has 0 amide bonds. The number of hydrogen-bond acceptors (Lipinski definition) is 11. The lowest BCUT2D eigenvalue weighted by Crippen LogP contribution is -2.52. The van der Waals surface area contributed by atoms with Gasteiger partial charge in [0.05, 0.1) is 29.6 Å². The van der Waals surface area contributed by atoms with Gasteiger partial charge in [0.1, 0.15) is 12.1 Å². The van der Waals surface area contributed by atoms with Crippen LogP contribution < -0.4 is 0 Å². The summed E-state index contributed by atoms with van der Waals surface area (Å²) in [5, 5.41) is 22.1. The molecule has 0 aromatic carbocycles. The van der Waals surface area contributed by atoms with E-state index in [1.807, 2.05) is 44.2 Å². The Kier molecular flexibility index (Phi) is 25.3. The minimum absolute atomic E-state index is 0.0133. The molecule has 0 bridgehead atoms. The number of ketones is 1. The number of aldehydes is 2. The van der Waals surface area contributed by atoms with Crippen molar-refractivity contribution in [1.29, 1.82) is 0 Å². The Bertz CT molecular complexity index is 1470. The average Bonchev–Trinajstić information content (AvgIpc) is 3.27. The largest absolute Gasteiger partial charge is 0.388 e. The maximum atomic E-state index is 14.2. The van der Waals surface area contributed by atoms with Gasteiger partial charge in [0, 0.05) is 61.5 Å². The van der Waals surface area contributed by atoms with E-state index in [2.05, 4.69) is 30.2 Å². The zero-order valence-corrected chi connectivity index (χ0v) is 40.6. The molecule has 0 aromatic rings. The van der Waals surface area contributed by atoms with Gasteiger partial charge in [-0.15, -0.1) is 0 Å². The van der Waals surface area contributed by atoms with Crippen LogP contribution in [0.3, 0.4) is 0 Å². The van der Waals surface area contributed by atoms with Crippen molar-refractivity contribution in [1.82, 2.24) is 4.90 Å². The molecule has 352 valence electrons. The van der Waals surface area contributed by atoms with Crippen molar-refractivity contribution in [3.8, 4) is 0 Å². The van der Waals surface area contributed by atoms with Gasteiger partial charge in [-0.3, -0.25) is 9.59 Å². The fourth-order valence-corrected chi connectivity index (χ4v) is 10.5. The monoisotopic (exact) mass is 902 g/mol. The summed E-state index contributed by atoms with van der Waals surface area (Å²) in [4.78, 5) is 39.1. The molecule has 1 saturated carbocycles. The Hall–Kier alpha value is -1.99. The highest BCUT2D eigenvalue weighted by Crippen LogP contribution is 2.41. The van der Waals surface area contributed by atoms with Crippen molar-refractivity contribution in [2.45, 2.75) is 191 Å². The number of methoxy groups -OCH3 is 1. The molecule has 0 radical (unpaired) electrons. The average molecular weight is 902 g/mol. The van der Waals surface area contributed by atoms with E-state index in [9.17, 15) is 24.6 Å². The first-order chi connectivity index (χ1) is 29.7. The molecule has 9 atom stereocenters. The number of piperidine rings is 1. The Labute approximate surface area is 386 Å². The highest BCUT2D eigenvalue weighted by Gasteiger charge is 2.45. The summed E-state index contributed by atoms with van der Waals surface area (Å²) in [6.45, 7) is 12.9. The molecule has 0 aromatic heterocycles. The van der Waals surface area contributed by atoms with Gasteiger partial charge in [-0.05, 0) is 134 Å². The van der Waals surface area contributed by atoms with Crippen molar-refractivity contribution in [3.63, 3.8) is 0 Å². The SMILES string of the molecule is C=C(C=O)N1CCCC[C@H]1CCOC(CCC[C@@H](C(=O)C(C)CC(S)/C=C/C=C/C=C/CC[C@]1(CS)CC[C@@H](C)[C@@](C)(O)O1)C(O)/C(C)=C/CC=O)CCC1CCC(OC)CC1. The summed E-state index contributed by atoms with van der Waals surface area (Å²) < 4.78 is 18.4. The smallest absolute Gasteiger partial charge is 0.165 e. The van der Waals surface area contributed by atoms with Crippen LogP contribution in [-0.4, -0.2) is 100 Å². The fraction of sp³-hybridized carbons (Fsp3) is 0.745. The first-order valence-electron chi connectivity index (χ1n) is 23.8.